The molecule has 0 aliphatic carbocycles. The fourth-order valence-corrected chi connectivity index (χ4v) is 3.61. The van der Waals surface area contributed by atoms with Gasteiger partial charge in [-0.05, 0) is 68.6 Å². The number of hydrogen-bond donors (Lipinski definition) is 0. The molecule has 0 radical (unpaired) electrons. The minimum absolute atomic E-state index is 0.840. The number of benzene rings is 1. The van der Waals surface area contributed by atoms with Gasteiger partial charge in [0.1, 0.15) is 5.75 Å². The molecule has 0 bridgehead atoms. The lowest BCUT2D eigenvalue weighted by molar-refractivity contribution is 0.204. The zero-order valence-corrected chi connectivity index (χ0v) is 14.0. The molecule has 3 heteroatoms. The summed E-state index contributed by atoms with van der Waals surface area (Å²) in [6.45, 7) is 10.3. The van der Waals surface area contributed by atoms with Gasteiger partial charge >= 0.3 is 0 Å². The Bertz CT molecular complexity index is 469. The molecule has 2 aliphatic rings. The lowest BCUT2D eigenvalue weighted by Crippen LogP contribution is -2.31. The van der Waals surface area contributed by atoms with Crippen molar-refractivity contribution >= 4 is 0 Å². The molecule has 122 valence electrons. The summed E-state index contributed by atoms with van der Waals surface area (Å²) >= 11 is 0. The van der Waals surface area contributed by atoms with E-state index in [0.29, 0.717) is 0 Å². The van der Waals surface area contributed by atoms with Gasteiger partial charge in [0.25, 0.3) is 0 Å². The predicted octanol–water partition coefficient (Wildman–Crippen LogP) is 3.32. The molecule has 1 aromatic carbocycles. The average molecular weight is 302 g/mol. The van der Waals surface area contributed by atoms with E-state index in [2.05, 4.69) is 34.9 Å². The van der Waals surface area contributed by atoms with Gasteiger partial charge in [-0.25, -0.2) is 0 Å². The Balaban J connectivity index is 1.44. The van der Waals surface area contributed by atoms with E-state index < -0.39 is 0 Å². The van der Waals surface area contributed by atoms with E-state index in [4.69, 9.17) is 4.74 Å². The summed E-state index contributed by atoms with van der Waals surface area (Å²) in [6.07, 6.45) is 6.48. The number of rotatable bonds is 6. The average Bonchev–Trinajstić information content (AvgIpc) is 2.59. The summed E-state index contributed by atoms with van der Waals surface area (Å²) in [5.41, 5.74) is 2.96. The SMILES string of the molecule is CCN1CCc2ccc(OCCCN3CCCCC3)cc2C1. The lowest BCUT2D eigenvalue weighted by atomic mass is 9.99. The highest BCUT2D eigenvalue weighted by Crippen LogP contribution is 2.24. The van der Waals surface area contributed by atoms with E-state index >= 15 is 0 Å². The Labute approximate surface area is 135 Å². The molecule has 0 spiro atoms. The van der Waals surface area contributed by atoms with Crippen molar-refractivity contribution in [2.45, 2.75) is 45.6 Å². The normalized spacial score (nSPS) is 19.9. The monoisotopic (exact) mass is 302 g/mol. The number of piperidine rings is 1. The molecule has 1 aromatic rings. The third kappa shape index (κ3) is 4.23. The number of fused-ring (bicyclic) bond motifs is 1. The second kappa shape index (κ2) is 7.98. The Morgan fingerprint density at radius 2 is 1.86 bits per heavy atom. The standard InChI is InChI=1S/C19H30N2O/c1-2-20-13-9-17-7-8-19(15-18(17)16-20)22-14-6-12-21-10-4-3-5-11-21/h7-8,15H,2-6,9-14,16H2,1H3. The Morgan fingerprint density at radius 1 is 1.00 bits per heavy atom. The third-order valence-corrected chi connectivity index (χ3v) is 5.05. The quantitative estimate of drug-likeness (QED) is 0.750. The second-order valence-electron chi connectivity index (χ2n) is 6.65. The minimum Gasteiger partial charge on any atom is -0.494 e. The Morgan fingerprint density at radius 3 is 2.68 bits per heavy atom. The number of nitrogens with zero attached hydrogens (tertiary/aromatic N) is 2. The molecule has 0 atom stereocenters. The van der Waals surface area contributed by atoms with Crippen molar-refractivity contribution in [3.05, 3.63) is 29.3 Å². The molecule has 2 heterocycles. The van der Waals surface area contributed by atoms with Crippen molar-refractivity contribution in [3.63, 3.8) is 0 Å². The zero-order chi connectivity index (χ0) is 15.2. The van der Waals surface area contributed by atoms with Crippen LogP contribution in [0.3, 0.4) is 0 Å². The maximum atomic E-state index is 5.99. The van der Waals surface area contributed by atoms with Crippen LogP contribution >= 0.6 is 0 Å². The summed E-state index contributed by atoms with van der Waals surface area (Å²) < 4.78 is 5.99. The molecule has 22 heavy (non-hydrogen) atoms. The molecular formula is C19H30N2O. The van der Waals surface area contributed by atoms with Gasteiger partial charge in [-0.3, -0.25) is 4.90 Å². The van der Waals surface area contributed by atoms with Crippen LogP contribution in [0.15, 0.2) is 18.2 Å². The number of hydrogen-bond acceptors (Lipinski definition) is 3. The van der Waals surface area contributed by atoms with Crippen molar-refractivity contribution < 1.29 is 4.74 Å². The van der Waals surface area contributed by atoms with E-state index in [1.165, 1.54) is 63.0 Å². The summed E-state index contributed by atoms with van der Waals surface area (Å²) in [5.74, 6) is 1.05. The van der Waals surface area contributed by atoms with Gasteiger partial charge in [0, 0.05) is 19.6 Å². The van der Waals surface area contributed by atoms with Crippen LogP contribution in [0.5, 0.6) is 5.75 Å². The molecule has 0 aromatic heterocycles. The molecule has 0 N–H and O–H groups in total. The van der Waals surface area contributed by atoms with E-state index in [1.807, 2.05) is 0 Å². The van der Waals surface area contributed by atoms with Gasteiger partial charge < -0.3 is 9.64 Å². The number of likely N-dealkylation sites (tertiary alicyclic amines) is 1. The maximum Gasteiger partial charge on any atom is 0.119 e. The topological polar surface area (TPSA) is 15.7 Å². The molecule has 2 aliphatic heterocycles. The van der Waals surface area contributed by atoms with Crippen LogP contribution in [-0.2, 0) is 13.0 Å². The molecule has 0 saturated carbocycles. The summed E-state index contributed by atoms with van der Waals surface area (Å²) in [4.78, 5) is 5.08. The highest BCUT2D eigenvalue weighted by Gasteiger charge is 2.15. The minimum atomic E-state index is 0.840. The van der Waals surface area contributed by atoms with Gasteiger partial charge in [0.2, 0.25) is 0 Å². The molecule has 1 saturated heterocycles. The van der Waals surface area contributed by atoms with E-state index in [-0.39, 0.29) is 0 Å². The van der Waals surface area contributed by atoms with Crippen LogP contribution in [0, 0.1) is 0 Å². The van der Waals surface area contributed by atoms with Gasteiger partial charge in [0.15, 0.2) is 0 Å². The first-order valence-electron chi connectivity index (χ1n) is 9.04. The molecule has 0 amide bonds. The fourth-order valence-electron chi connectivity index (χ4n) is 3.61. The number of likely N-dealkylation sites (N-methyl/N-ethyl adjacent to an activating group) is 1. The van der Waals surface area contributed by atoms with Crippen LogP contribution in [0.2, 0.25) is 0 Å². The second-order valence-corrected chi connectivity index (χ2v) is 6.65. The van der Waals surface area contributed by atoms with Crippen molar-refractivity contribution in [2.24, 2.45) is 0 Å². The van der Waals surface area contributed by atoms with Crippen LogP contribution in [0.1, 0.15) is 43.7 Å². The molecule has 3 nitrogen and oxygen atoms in total. The van der Waals surface area contributed by atoms with Crippen molar-refractivity contribution in [3.8, 4) is 5.75 Å². The van der Waals surface area contributed by atoms with E-state index in [1.54, 1.807) is 0 Å². The van der Waals surface area contributed by atoms with Crippen LogP contribution in [0.25, 0.3) is 0 Å². The summed E-state index contributed by atoms with van der Waals surface area (Å²) in [5, 5.41) is 0. The van der Waals surface area contributed by atoms with Crippen molar-refractivity contribution in [1.82, 2.24) is 9.80 Å². The first-order chi connectivity index (χ1) is 10.8. The first-order valence-corrected chi connectivity index (χ1v) is 9.04. The van der Waals surface area contributed by atoms with Gasteiger partial charge in [-0.15, -0.1) is 0 Å². The van der Waals surface area contributed by atoms with Gasteiger partial charge in [0.05, 0.1) is 6.61 Å². The summed E-state index contributed by atoms with van der Waals surface area (Å²) in [7, 11) is 0. The lowest BCUT2D eigenvalue weighted by Gasteiger charge is -2.28. The van der Waals surface area contributed by atoms with Crippen molar-refractivity contribution in [1.29, 1.82) is 0 Å². The predicted molar refractivity (Wildman–Crippen MR) is 91.5 cm³/mol. The van der Waals surface area contributed by atoms with Crippen LogP contribution in [0.4, 0.5) is 0 Å². The molecular weight excluding hydrogens is 272 g/mol. The first kappa shape index (κ1) is 15.8. The van der Waals surface area contributed by atoms with Gasteiger partial charge in [-0.2, -0.15) is 0 Å². The van der Waals surface area contributed by atoms with E-state index in [0.717, 1.165) is 31.9 Å². The van der Waals surface area contributed by atoms with Gasteiger partial charge in [-0.1, -0.05) is 19.4 Å². The van der Waals surface area contributed by atoms with E-state index in [9.17, 15) is 0 Å². The zero-order valence-electron chi connectivity index (χ0n) is 14.0. The highest BCUT2D eigenvalue weighted by atomic mass is 16.5. The number of ether oxygens (including phenoxy) is 1. The van der Waals surface area contributed by atoms with Crippen molar-refractivity contribution in [2.75, 3.05) is 39.3 Å². The Kier molecular flexibility index (Phi) is 5.74. The molecule has 1 fully saturated rings. The largest absolute Gasteiger partial charge is 0.494 e. The fraction of sp³-hybridized carbons (Fsp3) is 0.684. The Hall–Kier alpha value is -1.06. The smallest absolute Gasteiger partial charge is 0.119 e. The van der Waals surface area contributed by atoms with Crippen LogP contribution in [-0.4, -0.2) is 49.1 Å². The highest BCUT2D eigenvalue weighted by molar-refractivity contribution is 5.37. The molecule has 0 unspecified atom stereocenters. The maximum absolute atomic E-state index is 5.99. The van der Waals surface area contributed by atoms with Crippen LogP contribution < -0.4 is 4.74 Å². The summed E-state index contributed by atoms with van der Waals surface area (Å²) in [6, 6.07) is 6.68. The third-order valence-electron chi connectivity index (χ3n) is 5.05. The molecule has 3 rings (SSSR count).